The van der Waals surface area contributed by atoms with Crippen LogP contribution < -0.4 is 11.1 Å². The molecule has 116 valence electrons. The van der Waals surface area contributed by atoms with Crippen LogP contribution >= 0.6 is 0 Å². The number of hydrogen-bond donors (Lipinski definition) is 2. The van der Waals surface area contributed by atoms with Crippen LogP contribution in [0.25, 0.3) is 0 Å². The van der Waals surface area contributed by atoms with Gasteiger partial charge in [0.1, 0.15) is 5.54 Å². The summed E-state index contributed by atoms with van der Waals surface area (Å²) in [5.74, 6) is -0.983. The van der Waals surface area contributed by atoms with Crippen LogP contribution in [0.5, 0.6) is 0 Å². The van der Waals surface area contributed by atoms with Gasteiger partial charge < -0.3 is 16.0 Å². The first kappa shape index (κ1) is 17.0. The third-order valence-electron chi connectivity index (χ3n) is 3.99. The van der Waals surface area contributed by atoms with Crippen molar-refractivity contribution in [3.05, 3.63) is 0 Å². The first-order valence-corrected chi connectivity index (χ1v) is 6.88. The predicted molar refractivity (Wildman–Crippen MR) is 75.6 cm³/mol. The molecule has 0 aromatic carbocycles. The molecule has 0 saturated carbocycles. The fraction of sp³-hybridized carbons (Fsp3) is 0.714. The Balaban J connectivity index is 2.63. The summed E-state index contributed by atoms with van der Waals surface area (Å²) in [4.78, 5) is 36.5. The summed E-state index contributed by atoms with van der Waals surface area (Å²) in [6.45, 7) is 3.77. The zero-order chi connectivity index (χ0) is 16.3. The summed E-state index contributed by atoms with van der Waals surface area (Å²) in [5, 5.41) is 11.9. The first-order valence-electron chi connectivity index (χ1n) is 6.88. The molecule has 3 amide bonds. The number of primary amides is 1. The lowest BCUT2D eigenvalue weighted by Crippen LogP contribution is -2.55. The Morgan fingerprint density at radius 2 is 2.14 bits per heavy atom. The Bertz CT molecular complexity index is 495. The van der Waals surface area contributed by atoms with Gasteiger partial charge in [-0.1, -0.05) is 13.8 Å². The summed E-state index contributed by atoms with van der Waals surface area (Å²) in [6, 6.07) is 2.05. The van der Waals surface area contributed by atoms with E-state index in [-0.39, 0.29) is 24.7 Å². The van der Waals surface area contributed by atoms with Crippen molar-refractivity contribution < 1.29 is 14.4 Å². The average molecular weight is 294 g/mol. The molecular formula is C14H22N4O3. The van der Waals surface area contributed by atoms with Crippen LogP contribution in [0.3, 0.4) is 0 Å². The largest absolute Gasteiger partial charge is 0.369 e. The van der Waals surface area contributed by atoms with Crippen LogP contribution in [-0.4, -0.2) is 41.8 Å². The first-order chi connectivity index (χ1) is 9.62. The lowest BCUT2D eigenvalue weighted by Gasteiger charge is -2.35. The molecule has 1 fully saturated rings. The molecule has 7 nitrogen and oxygen atoms in total. The minimum atomic E-state index is -1.14. The highest BCUT2D eigenvalue weighted by Crippen LogP contribution is 2.24. The van der Waals surface area contributed by atoms with E-state index in [0.29, 0.717) is 19.4 Å². The summed E-state index contributed by atoms with van der Waals surface area (Å²) in [5.41, 5.74) is 3.33. The van der Waals surface area contributed by atoms with Crippen LogP contribution in [-0.2, 0) is 14.4 Å². The molecular weight excluding hydrogens is 272 g/mol. The predicted octanol–water partition coefficient (Wildman–Crippen LogP) is -0.0911. The normalized spacial score (nSPS) is 22.6. The van der Waals surface area contributed by atoms with Gasteiger partial charge in [-0.15, -0.1) is 0 Å². The molecule has 1 saturated heterocycles. The second kappa shape index (κ2) is 6.12. The number of likely N-dealkylation sites (tertiary alicyclic amines) is 1. The molecule has 1 unspecified atom stereocenters. The van der Waals surface area contributed by atoms with Gasteiger partial charge in [0.15, 0.2) is 0 Å². The summed E-state index contributed by atoms with van der Waals surface area (Å²) >= 11 is 0. The van der Waals surface area contributed by atoms with E-state index in [2.05, 4.69) is 5.32 Å². The minimum absolute atomic E-state index is 0.0229. The van der Waals surface area contributed by atoms with E-state index in [1.54, 1.807) is 20.9 Å². The Kier molecular flexibility index (Phi) is 4.94. The second-order valence-electron chi connectivity index (χ2n) is 6.23. The Hall–Kier alpha value is -2.10. The molecule has 1 aliphatic heterocycles. The highest BCUT2D eigenvalue weighted by atomic mass is 16.2. The standard InChI is InChI=1S/C14H22N4O3/c1-13(2,12(16)21)5-4-10(19)17-14(9-15)6-7-18(3)11(20)8-14/h4-8H2,1-3H3,(H2,16,21)(H,17,19). The van der Waals surface area contributed by atoms with Crippen LogP contribution in [0.2, 0.25) is 0 Å². The highest BCUT2D eigenvalue weighted by molar-refractivity contribution is 5.84. The lowest BCUT2D eigenvalue weighted by atomic mass is 9.85. The number of carbonyl (C=O) groups excluding carboxylic acids is 3. The van der Waals surface area contributed by atoms with Crippen molar-refractivity contribution in [1.29, 1.82) is 5.26 Å². The van der Waals surface area contributed by atoms with E-state index in [1.165, 1.54) is 4.90 Å². The zero-order valence-corrected chi connectivity index (χ0v) is 12.7. The smallest absolute Gasteiger partial charge is 0.225 e. The fourth-order valence-corrected chi connectivity index (χ4v) is 2.07. The molecule has 0 aromatic heterocycles. The number of rotatable bonds is 5. The third kappa shape index (κ3) is 4.18. The van der Waals surface area contributed by atoms with Gasteiger partial charge in [-0.3, -0.25) is 14.4 Å². The van der Waals surface area contributed by atoms with Gasteiger partial charge >= 0.3 is 0 Å². The quantitative estimate of drug-likeness (QED) is 0.737. The van der Waals surface area contributed by atoms with Crippen molar-refractivity contribution in [2.24, 2.45) is 11.1 Å². The number of nitriles is 1. The lowest BCUT2D eigenvalue weighted by molar-refractivity contribution is -0.134. The van der Waals surface area contributed by atoms with Crippen molar-refractivity contribution in [3.8, 4) is 6.07 Å². The molecule has 7 heteroatoms. The Morgan fingerprint density at radius 1 is 1.52 bits per heavy atom. The number of nitrogens with one attached hydrogen (secondary N) is 1. The molecule has 0 spiro atoms. The van der Waals surface area contributed by atoms with Crippen molar-refractivity contribution in [1.82, 2.24) is 10.2 Å². The molecule has 21 heavy (non-hydrogen) atoms. The molecule has 0 radical (unpaired) electrons. The third-order valence-corrected chi connectivity index (χ3v) is 3.99. The summed E-state index contributed by atoms with van der Waals surface area (Å²) < 4.78 is 0. The minimum Gasteiger partial charge on any atom is -0.369 e. The Morgan fingerprint density at radius 3 is 2.62 bits per heavy atom. The van der Waals surface area contributed by atoms with Crippen molar-refractivity contribution in [3.63, 3.8) is 0 Å². The maximum absolute atomic E-state index is 12.0. The van der Waals surface area contributed by atoms with Crippen LogP contribution in [0.4, 0.5) is 0 Å². The van der Waals surface area contributed by atoms with Crippen molar-refractivity contribution in [2.45, 2.75) is 45.1 Å². The van der Waals surface area contributed by atoms with E-state index in [4.69, 9.17) is 5.73 Å². The van der Waals surface area contributed by atoms with E-state index in [9.17, 15) is 19.6 Å². The molecule has 1 atom stereocenters. The number of piperidine rings is 1. The molecule has 3 N–H and O–H groups in total. The van der Waals surface area contributed by atoms with Gasteiger partial charge in [0.25, 0.3) is 0 Å². The molecule has 0 bridgehead atoms. The number of amides is 3. The molecule has 1 heterocycles. The van der Waals surface area contributed by atoms with Crippen molar-refractivity contribution in [2.75, 3.05) is 13.6 Å². The Labute approximate surface area is 124 Å². The second-order valence-corrected chi connectivity index (χ2v) is 6.23. The number of nitrogens with two attached hydrogens (primary N) is 1. The number of carbonyl (C=O) groups is 3. The molecule has 0 aliphatic carbocycles. The van der Waals surface area contributed by atoms with Gasteiger partial charge in [0.05, 0.1) is 12.5 Å². The van der Waals surface area contributed by atoms with E-state index >= 15 is 0 Å². The van der Waals surface area contributed by atoms with E-state index in [1.807, 2.05) is 6.07 Å². The topological polar surface area (TPSA) is 116 Å². The van der Waals surface area contributed by atoms with Gasteiger partial charge in [0.2, 0.25) is 17.7 Å². The van der Waals surface area contributed by atoms with E-state index in [0.717, 1.165) is 0 Å². The van der Waals surface area contributed by atoms with Crippen LogP contribution in [0.1, 0.15) is 39.5 Å². The monoisotopic (exact) mass is 294 g/mol. The zero-order valence-electron chi connectivity index (χ0n) is 12.7. The number of hydrogen-bond acceptors (Lipinski definition) is 4. The molecule has 1 aliphatic rings. The highest BCUT2D eigenvalue weighted by Gasteiger charge is 2.39. The maximum atomic E-state index is 12.0. The SMILES string of the molecule is CN1CCC(C#N)(NC(=O)CCC(C)(C)C(N)=O)CC1=O. The summed E-state index contributed by atoms with van der Waals surface area (Å²) in [7, 11) is 1.67. The average Bonchev–Trinajstić information content (AvgIpc) is 2.41. The van der Waals surface area contributed by atoms with Crippen LogP contribution in [0.15, 0.2) is 0 Å². The van der Waals surface area contributed by atoms with Gasteiger partial charge in [-0.25, -0.2) is 0 Å². The number of nitrogens with zero attached hydrogens (tertiary/aromatic N) is 2. The van der Waals surface area contributed by atoms with Gasteiger partial charge in [0, 0.05) is 31.8 Å². The summed E-state index contributed by atoms with van der Waals surface area (Å²) in [6.07, 6.45) is 0.759. The van der Waals surface area contributed by atoms with Crippen LogP contribution in [0, 0.1) is 16.7 Å². The molecule has 1 rings (SSSR count). The van der Waals surface area contributed by atoms with Gasteiger partial charge in [-0.2, -0.15) is 5.26 Å². The maximum Gasteiger partial charge on any atom is 0.225 e. The van der Waals surface area contributed by atoms with Gasteiger partial charge in [-0.05, 0) is 6.42 Å². The molecule has 0 aromatic rings. The van der Waals surface area contributed by atoms with Crippen molar-refractivity contribution >= 4 is 17.7 Å². The van der Waals surface area contributed by atoms with E-state index < -0.39 is 16.9 Å². The fourth-order valence-electron chi connectivity index (χ4n) is 2.07.